The summed E-state index contributed by atoms with van der Waals surface area (Å²) in [6.07, 6.45) is 1.41. The van der Waals surface area contributed by atoms with E-state index in [9.17, 15) is 9.59 Å². The van der Waals surface area contributed by atoms with Gasteiger partial charge in [0, 0.05) is 0 Å². The highest BCUT2D eigenvalue weighted by atomic mass is 32.1. The Labute approximate surface area is 164 Å². The van der Waals surface area contributed by atoms with Gasteiger partial charge in [-0.15, -0.1) is 0 Å². The zero-order valence-electron chi connectivity index (χ0n) is 15.4. The molecule has 4 rings (SSSR count). The highest BCUT2D eigenvalue weighted by molar-refractivity contribution is 7.22. The monoisotopic (exact) mass is 394 g/mol. The molecule has 2 aromatic heterocycles. The van der Waals surface area contributed by atoms with E-state index in [0.29, 0.717) is 22.6 Å². The maximum absolute atomic E-state index is 12.6. The molecule has 0 aliphatic carbocycles. The Kier molecular flexibility index (Phi) is 4.79. The normalized spacial score (nSPS) is 11.1. The van der Waals surface area contributed by atoms with Crippen molar-refractivity contribution in [3.63, 3.8) is 0 Å². The van der Waals surface area contributed by atoms with E-state index in [4.69, 9.17) is 4.74 Å². The van der Waals surface area contributed by atoms with Gasteiger partial charge in [-0.25, -0.2) is 9.97 Å². The number of rotatable bonds is 5. The number of thiazole rings is 1. The fourth-order valence-corrected chi connectivity index (χ4v) is 3.89. The molecule has 0 atom stereocenters. The molecule has 0 unspecified atom stereocenters. The zero-order valence-corrected chi connectivity index (χ0v) is 16.2. The summed E-state index contributed by atoms with van der Waals surface area (Å²) < 4.78 is 7.71. The van der Waals surface area contributed by atoms with E-state index in [1.165, 1.54) is 22.2 Å². The van der Waals surface area contributed by atoms with E-state index < -0.39 is 0 Å². The lowest BCUT2D eigenvalue weighted by molar-refractivity contribution is -0.116. The average molecular weight is 394 g/mol. The van der Waals surface area contributed by atoms with Crippen molar-refractivity contribution in [2.45, 2.75) is 20.4 Å². The van der Waals surface area contributed by atoms with Crippen LogP contribution in [0.15, 0.2) is 47.5 Å². The third-order valence-corrected chi connectivity index (χ3v) is 5.22. The molecule has 0 saturated heterocycles. The van der Waals surface area contributed by atoms with Crippen molar-refractivity contribution in [3.8, 4) is 5.75 Å². The molecule has 7 nitrogen and oxygen atoms in total. The predicted octanol–water partition coefficient (Wildman–Crippen LogP) is 3.35. The van der Waals surface area contributed by atoms with Gasteiger partial charge in [-0.2, -0.15) is 0 Å². The zero-order chi connectivity index (χ0) is 19.7. The number of fused-ring (bicyclic) bond motifs is 2. The van der Waals surface area contributed by atoms with Crippen molar-refractivity contribution in [2.75, 3.05) is 11.9 Å². The molecule has 0 fully saturated rings. The van der Waals surface area contributed by atoms with E-state index in [1.807, 2.05) is 44.2 Å². The number of nitrogens with one attached hydrogen (secondary N) is 1. The first-order chi connectivity index (χ1) is 13.5. The number of carbonyl (C=O) groups is 1. The number of aryl methyl sites for hydroxylation is 1. The van der Waals surface area contributed by atoms with Crippen molar-refractivity contribution in [1.82, 2.24) is 14.5 Å². The Hall–Kier alpha value is -3.26. The quantitative estimate of drug-likeness (QED) is 0.561. The van der Waals surface area contributed by atoms with E-state index in [0.717, 1.165) is 21.5 Å². The van der Waals surface area contributed by atoms with Crippen LogP contribution in [0.2, 0.25) is 0 Å². The van der Waals surface area contributed by atoms with E-state index >= 15 is 0 Å². The molecule has 0 bridgehead atoms. The molecule has 28 heavy (non-hydrogen) atoms. The lowest BCUT2D eigenvalue weighted by atomic mass is 10.1. The minimum Gasteiger partial charge on any atom is -0.494 e. The summed E-state index contributed by atoms with van der Waals surface area (Å²) in [5.74, 6) is 0.431. The van der Waals surface area contributed by atoms with Gasteiger partial charge in [0.15, 0.2) is 5.13 Å². The molecule has 2 heterocycles. The summed E-state index contributed by atoms with van der Waals surface area (Å²) in [5.41, 5.74) is 2.12. The molecule has 142 valence electrons. The number of amides is 1. The second-order valence-electron chi connectivity index (χ2n) is 6.28. The Morgan fingerprint density at radius 1 is 1.29 bits per heavy atom. The van der Waals surface area contributed by atoms with Crippen LogP contribution in [0.1, 0.15) is 12.5 Å². The largest absolute Gasteiger partial charge is 0.494 e. The summed E-state index contributed by atoms with van der Waals surface area (Å²) >= 11 is 1.36. The molecule has 0 aliphatic heterocycles. The van der Waals surface area contributed by atoms with Crippen LogP contribution in [0.25, 0.3) is 21.1 Å². The fourth-order valence-electron chi connectivity index (χ4n) is 2.98. The van der Waals surface area contributed by atoms with Gasteiger partial charge < -0.3 is 10.1 Å². The topological polar surface area (TPSA) is 86.1 Å². The van der Waals surface area contributed by atoms with Crippen molar-refractivity contribution >= 4 is 43.5 Å². The smallest absolute Gasteiger partial charge is 0.261 e. The molecule has 0 saturated carbocycles. The molecule has 8 heteroatoms. The van der Waals surface area contributed by atoms with Crippen LogP contribution in [-0.4, -0.2) is 27.0 Å². The number of ether oxygens (including phenoxy) is 1. The van der Waals surface area contributed by atoms with Crippen molar-refractivity contribution < 1.29 is 9.53 Å². The lowest BCUT2D eigenvalue weighted by Crippen LogP contribution is -2.28. The lowest BCUT2D eigenvalue weighted by Gasteiger charge is -2.07. The van der Waals surface area contributed by atoms with Gasteiger partial charge in [-0.3, -0.25) is 14.2 Å². The summed E-state index contributed by atoms with van der Waals surface area (Å²) in [7, 11) is 0. The van der Waals surface area contributed by atoms with Gasteiger partial charge in [0.2, 0.25) is 5.91 Å². The van der Waals surface area contributed by atoms with Crippen molar-refractivity contribution in [2.24, 2.45) is 0 Å². The predicted molar refractivity (Wildman–Crippen MR) is 110 cm³/mol. The molecule has 2 aromatic carbocycles. The number of aromatic nitrogens is 3. The molecule has 0 radical (unpaired) electrons. The Bertz CT molecular complexity index is 1250. The van der Waals surface area contributed by atoms with Crippen LogP contribution in [0, 0.1) is 6.92 Å². The van der Waals surface area contributed by atoms with E-state index in [1.54, 1.807) is 6.07 Å². The van der Waals surface area contributed by atoms with E-state index in [-0.39, 0.29) is 18.0 Å². The van der Waals surface area contributed by atoms with Gasteiger partial charge in [-0.05, 0) is 43.7 Å². The number of benzene rings is 2. The molecular weight excluding hydrogens is 376 g/mol. The molecule has 0 aliphatic rings. The number of para-hydroxylation sites is 1. The second-order valence-corrected chi connectivity index (χ2v) is 7.31. The maximum Gasteiger partial charge on any atom is 0.261 e. The third-order valence-electron chi connectivity index (χ3n) is 4.29. The Morgan fingerprint density at radius 3 is 2.96 bits per heavy atom. The molecule has 0 spiro atoms. The SMILES string of the molecule is CCOc1ccc2nc(NC(=O)Cn3cnc4c(C)cccc4c3=O)sc2c1. The molecular formula is C20H18N4O3S. The highest BCUT2D eigenvalue weighted by Crippen LogP contribution is 2.29. The van der Waals surface area contributed by atoms with Gasteiger partial charge >= 0.3 is 0 Å². The van der Waals surface area contributed by atoms with Crippen molar-refractivity contribution in [3.05, 3.63) is 58.6 Å². The summed E-state index contributed by atoms with van der Waals surface area (Å²) in [6, 6.07) is 11.0. The number of hydrogen-bond acceptors (Lipinski definition) is 6. The third kappa shape index (κ3) is 3.46. The number of nitrogens with zero attached hydrogens (tertiary/aromatic N) is 3. The Balaban J connectivity index is 1.54. The molecule has 1 N–H and O–H groups in total. The Morgan fingerprint density at radius 2 is 2.14 bits per heavy atom. The number of hydrogen-bond donors (Lipinski definition) is 1. The van der Waals surface area contributed by atoms with Crippen molar-refractivity contribution in [1.29, 1.82) is 0 Å². The maximum atomic E-state index is 12.6. The highest BCUT2D eigenvalue weighted by Gasteiger charge is 2.12. The first-order valence-electron chi connectivity index (χ1n) is 8.83. The van der Waals surface area contributed by atoms with Crippen LogP contribution in [-0.2, 0) is 11.3 Å². The minimum atomic E-state index is -0.333. The standard InChI is InChI=1S/C20H18N4O3S/c1-3-27-13-7-8-15-16(9-13)28-20(22-15)23-17(25)10-24-11-21-18-12(2)5-4-6-14(18)19(24)26/h4-9,11H,3,10H2,1-2H3,(H,22,23,25). The molecule has 1 amide bonds. The first kappa shape index (κ1) is 18.1. The van der Waals surface area contributed by atoms with Crippen LogP contribution < -0.4 is 15.6 Å². The van der Waals surface area contributed by atoms with Crippen LogP contribution in [0.3, 0.4) is 0 Å². The van der Waals surface area contributed by atoms with Gasteiger partial charge in [0.1, 0.15) is 12.3 Å². The van der Waals surface area contributed by atoms with Crippen LogP contribution >= 0.6 is 11.3 Å². The number of anilines is 1. The van der Waals surface area contributed by atoms with Gasteiger partial charge in [-0.1, -0.05) is 23.5 Å². The number of carbonyl (C=O) groups excluding carboxylic acids is 1. The summed E-state index contributed by atoms with van der Waals surface area (Å²) in [6.45, 7) is 4.28. The fraction of sp³-hybridized carbons (Fsp3) is 0.200. The second kappa shape index (κ2) is 7.40. The average Bonchev–Trinajstić information content (AvgIpc) is 3.06. The molecule has 4 aromatic rings. The summed E-state index contributed by atoms with van der Waals surface area (Å²) in [4.78, 5) is 33.8. The summed E-state index contributed by atoms with van der Waals surface area (Å²) in [5, 5.41) is 3.74. The van der Waals surface area contributed by atoms with Gasteiger partial charge in [0.05, 0.1) is 34.1 Å². The van der Waals surface area contributed by atoms with Gasteiger partial charge in [0.25, 0.3) is 5.56 Å². The minimum absolute atomic E-state index is 0.129. The van der Waals surface area contributed by atoms with Crippen LogP contribution in [0.4, 0.5) is 5.13 Å². The first-order valence-corrected chi connectivity index (χ1v) is 9.65. The van der Waals surface area contributed by atoms with E-state index in [2.05, 4.69) is 15.3 Å². The van der Waals surface area contributed by atoms with Crippen LogP contribution in [0.5, 0.6) is 5.75 Å².